The smallest absolute Gasteiger partial charge is 0.336 e. The number of aliphatic hydroxyl groups is 3. The van der Waals surface area contributed by atoms with Crippen LogP contribution in [0.3, 0.4) is 0 Å². The van der Waals surface area contributed by atoms with Gasteiger partial charge in [0, 0.05) is 38.5 Å². The lowest BCUT2D eigenvalue weighted by Crippen LogP contribution is -2.61. The van der Waals surface area contributed by atoms with Crippen LogP contribution in [0.4, 0.5) is 0 Å². The third-order valence-corrected chi connectivity index (χ3v) is 16.0. The average Bonchev–Trinajstić information content (AvgIpc) is 3.99. The van der Waals surface area contributed by atoms with E-state index in [1.165, 1.54) is 0 Å². The summed E-state index contributed by atoms with van der Waals surface area (Å²) in [6.45, 7) is 11.7. The molecule has 0 aromatic heterocycles. The highest BCUT2D eigenvalue weighted by Crippen LogP contribution is 2.56. The lowest BCUT2D eigenvalue weighted by Gasteiger charge is -2.51. The van der Waals surface area contributed by atoms with Crippen molar-refractivity contribution in [3.63, 3.8) is 0 Å². The Morgan fingerprint density at radius 1 is 0.841 bits per heavy atom. The minimum atomic E-state index is -1.99. The van der Waals surface area contributed by atoms with Crippen molar-refractivity contribution in [1.82, 2.24) is 0 Å². The molecule has 9 aliphatic rings. The number of hydrogen-bond acceptors (Lipinski definition) is 15. The molecule has 19 atom stereocenters. The Kier molecular flexibility index (Phi) is 12.0. The number of Topliss-reactive ketones (excluding diaryl/α,β-unsaturated/α-hetero) is 1. The molecule has 0 aliphatic carbocycles. The monoisotopic (exact) mass is 888 g/mol. The summed E-state index contributed by atoms with van der Waals surface area (Å²) in [6.07, 6.45) is 1.94. The van der Waals surface area contributed by atoms with Crippen molar-refractivity contribution >= 4 is 17.7 Å². The van der Waals surface area contributed by atoms with Crippen molar-refractivity contribution in [1.29, 1.82) is 0 Å². The number of esters is 1. The molecule has 2 spiro atoms. The minimum absolute atomic E-state index is 0.0330. The Bertz CT molecular complexity index is 1860. The summed E-state index contributed by atoms with van der Waals surface area (Å²) < 4.78 is 58.7. The number of ketones is 1. The predicted molar refractivity (Wildman–Crippen MR) is 220 cm³/mol. The minimum Gasteiger partial charge on any atom is -0.479 e. The fourth-order valence-electron chi connectivity index (χ4n) is 12.5. The fourth-order valence-corrected chi connectivity index (χ4v) is 12.5. The molecule has 0 unspecified atom stereocenters. The molecule has 8 saturated heterocycles. The fraction of sp³-hybridized carbons (Fsp3) is 0.851. The summed E-state index contributed by atoms with van der Waals surface area (Å²) in [7, 11) is 0. The maximum atomic E-state index is 14.1. The van der Waals surface area contributed by atoms with Crippen molar-refractivity contribution in [2.75, 3.05) is 6.61 Å². The van der Waals surface area contributed by atoms with E-state index in [1.807, 2.05) is 32.9 Å². The number of aliphatic carboxylic acids is 1. The molecule has 0 amide bonds. The number of allylic oxidation sites excluding steroid dienone is 3. The second-order valence-corrected chi connectivity index (χ2v) is 21.1. The molecule has 16 nitrogen and oxygen atoms in total. The normalized spacial score (nSPS) is 53.4. The van der Waals surface area contributed by atoms with Crippen LogP contribution in [-0.2, 0) is 57.0 Å². The summed E-state index contributed by atoms with van der Waals surface area (Å²) >= 11 is 0. The Balaban J connectivity index is 1.04. The Morgan fingerprint density at radius 2 is 1.63 bits per heavy atom. The zero-order valence-corrected chi connectivity index (χ0v) is 37.5. The molecule has 0 aromatic rings. The largest absolute Gasteiger partial charge is 0.479 e. The van der Waals surface area contributed by atoms with E-state index < -0.39 is 113 Å². The summed E-state index contributed by atoms with van der Waals surface area (Å²) in [5.41, 5.74) is -2.58. The molecule has 9 rings (SSSR count). The quantitative estimate of drug-likeness (QED) is 0.224. The van der Waals surface area contributed by atoms with E-state index in [0.29, 0.717) is 57.8 Å². The number of carboxylic acids is 1. The SMILES string of the molecule is CC1=C[C@H](C)C[C@]2(C)CC[C@@H](O2)[C@]23CC[C@](C(=O)O)(C[C@@H](O2)[C@H]2O[C@@](C)(CC2=O)[C@H]2O[C@]4(CCC[C@H](O4)[C@@H](C)C(=O)O[C@@H]4C[C@@H]([C@]5(O)OCC[C@@H](C)[C@H]5O)O[C@@H]4/C=C\1)CC[C@@H]2O)O3. The van der Waals surface area contributed by atoms with Crippen molar-refractivity contribution < 1.29 is 77.4 Å². The van der Waals surface area contributed by atoms with E-state index in [0.717, 1.165) is 5.57 Å². The van der Waals surface area contributed by atoms with Crippen LogP contribution in [0.15, 0.2) is 23.8 Å². The van der Waals surface area contributed by atoms with Crippen molar-refractivity contribution in [3.8, 4) is 0 Å². The van der Waals surface area contributed by atoms with Gasteiger partial charge >= 0.3 is 11.9 Å². The second kappa shape index (κ2) is 16.5. The lowest BCUT2D eigenvalue weighted by molar-refractivity contribution is -0.368. The highest BCUT2D eigenvalue weighted by Gasteiger charge is 2.68. The van der Waals surface area contributed by atoms with Gasteiger partial charge in [-0.15, -0.1) is 0 Å². The van der Waals surface area contributed by atoms with Crippen LogP contribution in [0.25, 0.3) is 0 Å². The molecule has 4 N–H and O–H groups in total. The lowest BCUT2D eigenvalue weighted by atomic mass is 9.83. The average molecular weight is 889 g/mol. The van der Waals surface area contributed by atoms with E-state index in [1.54, 1.807) is 13.8 Å². The van der Waals surface area contributed by atoms with Gasteiger partial charge in [-0.05, 0) is 90.9 Å². The molecule has 0 aromatic carbocycles. The zero-order valence-electron chi connectivity index (χ0n) is 37.5. The second-order valence-electron chi connectivity index (χ2n) is 21.1. The van der Waals surface area contributed by atoms with Gasteiger partial charge in [0.25, 0.3) is 0 Å². The predicted octanol–water partition coefficient (Wildman–Crippen LogP) is 4.32. The number of fused-ring (bicyclic) bond motifs is 11. The standard InChI is InChI=1S/C47H68O16/c1-25-9-10-32-33(21-36(56-32)47(54)38(50)27(3)13-19-55-47)57-40(51)28(4)31-8-7-14-45(58-31)16-11-29(48)39(62-45)43(6)23-30(49)37(61-43)34-24-44(41(52)53)17-18-46(59-34,63-44)35-12-15-42(5,60-35)22-26(2)20-25/h9-10,20,26-29,31-39,48,50,54H,7-8,11-19,21-24H2,1-6H3,(H,52,53)/b10-9-,25-20?/t26-,27+,28+,29-,31-,32+,33+,34+,35+,36-,37-,38+,39-,42-,43-,44+,45+,46+,47-/m0/s1. The highest BCUT2D eigenvalue weighted by atomic mass is 16.8. The van der Waals surface area contributed by atoms with Gasteiger partial charge in [0.05, 0.1) is 36.4 Å². The molecule has 9 aliphatic heterocycles. The number of hydrogen-bond donors (Lipinski definition) is 4. The number of ether oxygens (including phenoxy) is 9. The molecular formula is C47H68O16. The molecule has 9 heterocycles. The number of carbonyl (C=O) groups is 3. The molecule has 352 valence electrons. The number of rotatable bonds is 2. The molecule has 0 saturated carbocycles. The van der Waals surface area contributed by atoms with Gasteiger partial charge in [0.15, 0.2) is 23.0 Å². The Hall–Kier alpha value is -2.35. The summed E-state index contributed by atoms with van der Waals surface area (Å²) in [5, 5.41) is 45.0. The van der Waals surface area contributed by atoms with Gasteiger partial charge < -0.3 is 63.1 Å². The highest BCUT2D eigenvalue weighted by molar-refractivity contribution is 5.87. The third kappa shape index (κ3) is 8.18. The van der Waals surface area contributed by atoms with Gasteiger partial charge in [-0.2, -0.15) is 0 Å². The summed E-state index contributed by atoms with van der Waals surface area (Å²) in [6, 6.07) is 0. The van der Waals surface area contributed by atoms with Crippen LogP contribution in [0.1, 0.15) is 131 Å². The van der Waals surface area contributed by atoms with E-state index in [2.05, 4.69) is 13.0 Å². The van der Waals surface area contributed by atoms with Gasteiger partial charge in [0.2, 0.25) is 5.79 Å². The first-order chi connectivity index (χ1) is 29.7. The number of aliphatic hydroxyl groups excluding tert-OH is 2. The molecule has 0 radical (unpaired) electrons. The van der Waals surface area contributed by atoms with Crippen LogP contribution < -0.4 is 0 Å². The summed E-state index contributed by atoms with van der Waals surface area (Å²) in [5.74, 6) is -7.44. The van der Waals surface area contributed by atoms with E-state index in [4.69, 9.17) is 42.6 Å². The molecule has 16 heteroatoms. The van der Waals surface area contributed by atoms with E-state index in [-0.39, 0.29) is 56.3 Å². The number of carbonyl (C=O) groups excluding carboxylic acids is 2. The number of carboxylic acid groups (broad SMARTS) is 1. The first-order valence-electron chi connectivity index (χ1n) is 23.5. The van der Waals surface area contributed by atoms with Crippen molar-refractivity contribution in [2.24, 2.45) is 17.8 Å². The van der Waals surface area contributed by atoms with Gasteiger partial charge in [-0.1, -0.05) is 37.6 Å². The first kappa shape index (κ1) is 45.8. The van der Waals surface area contributed by atoms with Gasteiger partial charge in [-0.3, -0.25) is 9.59 Å². The van der Waals surface area contributed by atoms with Crippen LogP contribution in [0.5, 0.6) is 0 Å². The Labute approximate surface area is 369 Å². The van der Waals surface area contributed by atoms with Gasteiger partial charge in [0.1, 0.15) is 48.3 Å². The van der Waals surface area contributed by atoms with Crippen LogP contribution in [0.2, 0.25) is 0 Å². The van der Waals surface area contributed by atoms with E-state index in [9.17, 15) is 34.8 Å². The van der Waals surface area contributed by atoms with Crippen LogP contribution in [0, 0.1) is 17.8 Å². The van der Waals surface area contributed by atoms with Crippen LogP contribution in [-0.4, -0.2) is 140 Å². The molecule has 10 bridgehead atoms. The maximum absolute atomic E-state index is 14.1. The van der Waals surface area contributed by atoms with Gasteiger partial charge in [-0.25, -0.2) is 4.79 Å². The van der Waals surface area contributed by atoms with E-state index >= 15 is 0 Å². The molecule has 63 heavy (non-hydrogen) atoms. The van der Waals surface area contributed by atoms with Crippen molar-refractivity contribution in [3.05, 3.63) is 23.8 Å². The van der Waals surface area contributed by atoms with Crippen LogP contribution >= 0.6 is 0 Å². The summed E-state index contributed by atoms with van der Waals surface area (Å²) in [4.78, 5) is 41.2. The zero-order chi connectivity index (χ0) is 44.9. The Morgan fingerprint density at radius 3 is 2.41 bits per heavy atom. The first-order valence-corrected chi connectivity index (χ1v) is 23.5. The maximum Gasteiger partial charge on any atom is 0.336 e. The van der Waals surface area contributed by atoms with Crippen molar-refractivity contribution in [2.45, 2.75) is 227 Å². The third-order valence-electron chi connectivity index (χ3n) is 16.0. The molecule has 8 fully saturated rings. The molecular weight excluding hydrogens is 821 g/mol. The topological polar surface area (TPSA) is 215 Å².